The number of esters is 1. The number of halogens is 3. The Kier molecular flexibility index (Phi) is 6.59. The average molecular weight is 453 g/mol. The Morgan fingerprint density at radius 2 is 1.87 bits per heavy atom. The molecule has 1 saturated heterocycles. The van der Waals surface area contributed by atoms with Crippen LogP contribution in [0.2, 0.25) is 10.0 Å². The number of nitrogens with zero attached hydrogens (tertiary/aromatic N) is 1. The molecule has 0 atom stereocenters. The second-order valence-electron chi connectivity index (χ2n) is 6.15. The van der Waals surface area contributed by atoms with Crippen LogP contribution in [0.4, 0.5) is 9.18 Å². The molecule has 0 unspecified atom stereocenters. The van der Waals surface area contributed by atoms with Gasteiger partial charge in [0.05, 0.1) is 17.2 Å². The zero-order valence-electron chi connectivity index (χ0n) is 15.6. The van der Waals surface area contributed by atoms with Crippen molar-refractivity contribution in [1.29, 1.82) is 0 Å². The average Bonchev–Trinajstić information content (AvgIpc) is 2.95. The number of nitrogens with one attached hydrogen (secondary N) is 1. The van der Waals surface area contributed by atoms with Crippen molar-refractivity contribution in [3.63, 3.8) is 0 Å². The third-order valence-corrected chi connectivity index (χ3v) is 4.70. The third-order valence-electron chi connectivity index (χ3n) is 4.14. The number of carbonyl (C=O) groups is 3. The molecule has 0 bridgehead atoms. The molecule has 0 radical (unpaired) electrons. The molecule has 7 nitrogen and oxygen atoms in total. The Balaban J connectivity index is 1.78. The second kappa shape index (κ2) is 9.15. The van der Waals surface area contributed by atoms with E-state index < -0.39 is 30.3 Å². The number of hydrogen-bond donors (Lipinski definition) is 1. The van der Waals surface area contributed by atoms with Crippen LogP contribution in [0, 0.1) is 5.82 Å². The lowest BCUT2D eigenvalue weighted by Gasteiger charge is -2.11. The van der Waals surface area contributed by atoms with E-state index in [9.17, 15) is 18.8 Å². The van der Waals surface area contributed by atoms with Crippen LogP contribution in [0.1, 0.15) is 11.1 Å². The molecule has 1 heterocycles. The van der Waals surface area contributed by atoms with Crippen molar-refractivity contribution in [2.45, 2.75) is 6.61 Å². The summed E-state index contributed by atoms with van der Waals surface area (Å²) >= 11 is 12.5. The van der Waals surface area contributed by atoms with Gasteiger partial charge in [-0.1, -0.05) is 41.4 Å². The number of rotatable bonds is 6. The minimum absolute atomic E-state index is 0.0592. The summed E-state index contributed by atoms with van der Waals surface area (Å²) in [4.78, 5) is 36.3. The molecule has 0 spiro atoms. The van der Waals surface area contributed by atoms with Gasteiger partial charge >= 0.3 is 12.0 Å². The first kappa shape index (κ1) is 21.6. The minimum atomic E-state index is -0.751. The maximum atomic E-state index is 13.7. The van der Waals surface area contributed by atoms with Gasteiger partial charge in [-0.3, -0.25) is 9.59 Å². The number of amides is 3. The van der Waals surface area contributed by atoms with Crippen LogP contribution in [0.3, 0.4) is 0 Å². The van der Waals surface area contributed by atoms with Gasteiger partial charge in [0.2, 0.25) is 0 Å². The van der Waals surface area contributed by atoms with Gasteiger partial charge in [-0.2, -0.15) is 0 Å². The van der Waals surface area contributed by atoms with E-state index in [1.54, 1.807) is 18.2 Å². The molecule has 30 heavy (non-hydrogen) atoms. The molecule has 3 amide bonds. The second-order valence-corrected chi connectivity index (χ2v) is 6.96. The molecule has 0 saturated carbocycles. The summed E-state index contributed by atoms with van der Waals surface area (Å²) in [5.41, 5.74) is 0.684. The van der Waals surface area contributed by atoms with E-state index in [0.717, 1.165) is 7.11 Å². The molecule has 156 valence electrons. The van der Waals surface area contributed by atoms with Crippen LogP contribution in [-0.4, -0.2) is 36.5 Å². The lowest BCUT2D eigenvalue weighted by molar-refractivity contribution is -0.143. The van der Waals surface area contributed by atoms with E-state index in [0.29, 0.717) is 16.0 Å². The van der Waals surface area contributed by atoms with Crippen molar-refractivity contribution >= 4 is 47.2 Å². The predicted molar refractivity (Wildman–Crippen MR) is 107 cm³/mol. The topological polar surface area (TPSA) is 84.9 Å². The highest BCUT2D eigenvalue weighted by molar-refractivity contribution is 6.37. The smallest absolute Gasteiger partial charge is 0.329 e. The maximum Gasteiger partial charge on any atom is 0.329 e. The van der Waals surface area contributed by atoms with E-state index in [-0.39, 0.29) is 28.1 Å². The molecule has 1 fully saturated rings. The van der Waals surface area contributed by atoms with Crippen LogP contribution in [-0.2, 0) is 20.9 Å². The molecular formula is C20H15Cl2FN2O5. The van der Waals surface area contributed by atoms with Crippen molar-refractivity contribution < 1.29 is 28.2 Å². The number of imide groups is 1. The lowest BCUT2D eigenvalue weighted by Crippen LogP contribution is -2.36. The quantitative estimate of drug-likeness (QED) is 0.409. The fourth-order valence-electron chi connectivity index (χ4n) is 2.64. The number of benzene rings is 2. The van der Waals surface area contributed by atoms with Crippen LogP contribution < -0.4 is 10.1 Å². The van der Waals surface area contributed by atoms with Crippen molar-refractivity contribution in [2.75, 3.05) is 13.7 Å². The largest absolute Gasteiger partial charge is 0.486 e. The molecule has 0 aromatic heterocycles. The van der Waals surface area contributed by atoms with Gasteiger partial charge in [0.15, 0.2) is 5.75 Å². The first-order valence-corrected chi connectivity index (χ1v) is 9.32. The molecule has 10 heteroatoms. The Morgan fingerprint density at radius 1 is 1.20 bits per heavy atom. The predicted octanol–water partition coefficient (Wildman–Crippen LogP) is 3.78. The molecule has 0 aliphatic carbocycles. The fourth-order valence-corrected chi connectivity index (χ4v) is 3.25. The van der Waals surface area contributed by atoms with Crippen LogP contribution >= 0.6 is 23.2 Å². The number of methoxy groups -OCH3 is 1. The zero-order valence-corrected chi connectivity index (χ0v) is 17.1. The summed E-state index contributed by atoms with van der Waals surface area (Å²) in [7, 11) is 1.15. The van der Waals surface area contributed by atoms with E-state index in [2.05, 4.69) is 10.1 Å². The monoisotopic (exact) mass is 452 g/mol. The zero-order chi connectivity index (χ0) is 21.8. The van der Waals surface area contributed by atoms with Gasteiger partial charge in [-0.15, -0.1) is 0 Å². The maximum absolute atomic E-state index is 13.7. The van der Waals surface area contributed by atoms with Gasteiger partial charge in [0.25, 0.3) is 5.91 Å². The van der Waals surface area contributed by atoms with Crippen molar-refractivity contribution in [2.24, 2.45) is 0 Å². The third kappa shape index (κ3) is 4.72. The van der Waals surface area contributed by atoms with Gasteiger partial charge in [0.1, 0.15) is 24.7 Å². The van der Waals surface area contributed by atoms with Gasteiger partial charge in [0, 0.05) is 5.56 Å². The molecule has 1 aliphatic heterocycles. The Hall–Kier alpha value is -3.10. The van der Waals surface area contributed by atoms with Crippen molar-refractivity contribution in [3.05, 3.63) is 69.1 Å². The van der Waals surface area contributed by atoms with E-state index >= 15 is 0 Å². The molecule has 1 aliphatic rings. The van der Waals surface area contributed by atoms with Crippen LogP contribution in [0.5, 0.6) is 5.75 Å². The highest BCUT2D eigenvalue weighted by atomic mass is 35.5. The lowest BCUT2D eigenvalue weighted by atomic mass is 10.1. The Bertz CT molecular complexity index is 1030. The summed E-state index contributed by atoms with van der Waals surface area (Å²) in [5, 5.41) is 2.64. The highest BCUT2D eigenvalue weighted by Crippen LogP contribution is 2.35. The van der Waals surface area contributed by atoms with Crippen LogP contribution in [0.15, 0.2) is 42.1 Å². The fraction of sp³-hybridized carbons (Fsp3) is 0.150. The minimum Gasteiger partial charge on any atom is -0.486 e. The SMILES string of the molecule is COC(=O)CN1C(=O)N/C(=C/c2cc(Cl)c(OCc3ccccc3F)c(Cl)c2)C1=O. The number of ether oxygens (including phenoxy) is 2. The number of hydrogen-bond acceptors (Lipinski definition) is 5. The summed E-state index contributed by atoms with van der Waals surface area (Å²) in [6.07, 6.45) is 1.36. The first-order chi connectivity index (χ1) is 14.3. The summed E-state index contributed by atoms with van der Waals surface area (Å²) < 4.78 is 23.7. The van der Waals surface area contributed by atoms with Crippen LogP contribution in [0.25, 0.3) is 6.08 Å². The highest BCUT2D eigenvalue weighted by Gasteiger charge is 2.35. The van der Waals surface area contributed by atoms with Gasteiger partial charge < -0.3 is 14.8 Å². The number of urea groups is 1. The van der Waals surface area contributed by atoms with Gasteiger partial charge in [-0.05, 0) is 29.8 Å². The molecule has 3 rings (SSSR count). The summed E-state index contributed by atoms with van der Waals surface area (Å²) in [6, 6.07) is 8.32. The molecule has 1 N–H and O–H groups in total. The van der Waals surface area contributed by atoms with Gasteiger partial charge in [-0.25, -0.2) is 14.1 Å². The Morgan fingerprint density at radius 3 is 2.50 bits per heavy atom. The first-order valence-electron chi connectivity index (χ1n) is 8.56. The number of carbonyl (C=O) groups excluding carboxylic acids is 3. The standard InChI is InChI=1S/C20H15Cl2FN2O5/c1-29-17(26)9-25-19(27)16(24-20(25)28)8-11-6-13(21)18(14(22)7-11)30-10-12-4-2-3-5-15(12)23/h2-8H,9-10H2,1H3,(H,24,28)/b16-8+. The summed E-state index contributed by atoms with van der Waals surface area (Å²) in [5.74, 6) is -1.70. The van der Waals surface area contributed by atoms with E-state index in [1.807, 2.05) is 0 Å². The van der Waals surface area contributed by atoms with Crippen molar-refractivity contribution in [1.82, 2.24) is 10.2 Å². The van der Waals surface area contributed by atoms with E-state index in [1.165, 1.54) is 24.3 Å². The van der Waals surface area contributed by atoms with Crippen molar-refractivity contribution in [3.8, 4) is 5.75 Å². The molecular weight excluding hydrogens is 438 g/mol. The molecule has 2 aromatic carbocycles. The van der Waals surface area contributed by atoms with E-state index in [4.69, 9.17) is 27.9 Å². The Labute approximate surface area is 181 Å². The normalized spacial score (nSPS) is 14.8. The molecule has 2 aromatic rings. The summed E-state index contributed by atoms with van der Waals surface area (Å²) in [6.45, 7) is -0.591.